The molecule has 0 saturated heterocycles. The van der Waals surface area contributed by atoms with Crippen molar-refractivity contribution in [2.45, 2.75) is 26.7 Å². The maximum absolute atomic E-state index is 4.33. The van der Waals surface area contributed by atoms with E-state index in [1.807, 2.05) is 6.92 Å². The maximum Gasteiger partial charge on any atom is 0.181 e. The Morgan fingerprint density at radius 3 is 2.64 bits per heavy atom. The normalized spacial score (nSPS) is 10.1. The van der Waals surface area contributed by atoms with Crippen LogP contribution in [0.2, 0.25) is 0 Å². The van der Waals surface area contributed by atoms with Gasteiger partial charge >= 0.3 is 0 Å². The quantitative estimate of drug-likeness (QED) is 0.844. The summed E-state index contributed by atoms with van der Waals surface area (Å²) in [5.41, 5.74) is 1.71. The largest absolute Gasteiger partial charge is 0.339 e. The molecule has 0 aliphatic rings. The Labute approximate surface area is 99.5 Å². The molecule has 0 spiro atoms. The second kappa shape index (κ2) is 4.72. The first-order valence-electron chi connectivity index (χ1n) is 4.54. The van der Waals surface area contributed by atoms with Gasteiger partial charge in [-0.3, -0.25) is 0 Å². The zero-order chi connectivity index (χ0) is 9.26. The molecule has 2 aromatic rings. The van der Waals surface area contributed by atoms with Crippen molar-refractivity contribution >= 4 is 35.1 Å². The molecule has 4 radical (unpaired) electrons. The van der Waals surface area contributed by atoms with E-state index < -0.39 is 0 Å². The van der Waals surface area contributed by atoms with Gasteiger partial charge in [-0.25, -0.2) is 15.0 Å². The van der Waals surface area contributed by atoms with Crippen LogP contribution in [0.5, 0.6) is 0 Å². The summed E-state index contributed by atoms with van der Waals surface area (Å²) in [5, 5.41) is 0. The number of hydrogen-bond donors (Lipinski definition) is 1. The minimum atomic E-state index is 0. The fraction of sp³-hybridized carbons (Fsp3) is 0.444. The van der Waals surface area contributed by atoms with Crippen molar-refractivity contribution in [1.82, 2.24) is 19.9 Å². The Morgan fingerprint density at radius 1 is 1.21 bits per heavy atom. The van der Waals surface area contributed by atoms with Gasteiger partial charge < -0.3 is 4.98 Å². The molecule has 2 rings (SSSR count). The second-order valence-electron chi connectivity index (χ2n) is 2.91. The first-order chi connectivity index (χ1) is 6.33. The van der Waals surface area contributed by atoms with E-state index >= 15 is 0 Å². The fourth-order valence-corrected chi connectivity index (χ4v) is 1.23. The summed E-state index contributed by atoms with van der Waals surface area (Å²) in [6.45, 7) is 4.10. The van der Waals surface area contributed by atoms with Crippen LogP contribution in [0.3, 0.4) is 0 Å². The van der Waals surface area contributed by atoms with Gasteiger partial charge in [0.25, 0.3) is 0 Å². The van der Waals surface area contributed by atoms with E-state index in [1.165, 1.54) is 0 Å². The standard InChI is InChI=1S/C9H12N4.Sn/c1-3-7-10-5-6-9(12-7)13-8(4-2)11-6;/h5H,3-4H2,1-2H3,(H,10,11,12,13);. The smallest absolute Gasteiger partial charge is 0.181 e. The third kappa shape index (κ3) is 2.05. The summed E-state index contributed by atoms with van der Waals surface area (Å²) in [5.74, 6) is 1.82. The van der Waals surface area contributed by atoms with Gasteiger partial charge in [-0.2, -0.15) is 0 Å². The molecule has 72 valence electrons. The van der Waals surface area contributed by atoms with Crippen LogP contribution in [-0.4, -0.2) is 43.8 Å². The molecule has 0 amide bonds. The Bertz CT molecular complexity index is 422. The Balaban J connectivity index is 0.000000980. The Kier molecular flexibility index (Phi) is 3.85. The number of hydrogen-bond acceptors (Lipinski definition) is 3. The molecule has 5 heteroatoms. The van der Waals surface area contributed by atoms with Gasteiger partial charge in [-0.1, -0.05) is 13.8 Å². The van der Waals surface area contributed by atoms with Crippen molar-refractivity contribution in [3.8, 4) is 0 Å². The summed E-state index contributed by atoms with van der Waals surface area (Å²) in [6.07, 6.45) is 3.55. The fourth-order valence-electron chi connectivity index (χ4n) is 1.23. The van der Waals surface area contributed by atoms with E-state index in [9.17, 15) is 0 Å². The Morgan fingerprint density at radius 2 is 2.00 bits per heavy atom. The summed E-state index contributed by atoms with van der Waals surface area (Å²) in [7, 11) is 0. The van der Waals surface area contributed by atoms with Crippen LogP contribution in [0, 0.1) is 0 Å². The molecule has 0 aliphatic carbocycles. The first-order valence-corrected chi connectivity index (χ1v) is 4.54. The topological polar surface area (TPSA) is 54.5 Å². The van der Waals surface area contributed by atoms with E-state index in [-0.39, 0.29) is 23.9 Å². The monoisotopic (exact) mass is 296 g/mol. The van der Waals surface area contributed by atoms with Crippen molar-refractivity contribution in [3.63, 3.8) is 0 Å². The molecular formula is C9H12N4Sn. The Hall–Kier alpha value is -0.651. The number of imidazole rings is 1. The maximum atomic E-state index is 4.33. The minimum absolute atomic E-state index is 0. The van der Waals surface area contributed by atoms with Gasteiger partial charge in [-0.05, 0) is 0 Å². The van der Waals surface area contributed by atoms with Crippen LogP contribution >= 0.6 is 0 Å². The van der Waals surface area contributed by atoms with Crippen LogP contribution in [0.4, 0.5) is 0 Å². The first kappa shape index (κ1) is 11.4. The van der Waals surface area contributed by atoms with E-state index in [0.29, 0.717) is 0 Å². The number of fused-ring (bicyclic) bond motifs is 1. The zero-order valence-electron chi connectivity index (χ0n) is 8.33. The van der Waals surface area contributed by atoms with Gasteiger partial charge in [-0.15, -0.1) is 0 Å². The number of rotatable bonds is 2. The molecule has 0 saturated carbocycles. The summed E-state index contributed by atoms with van der Waals surface area (Å²) in [6, 6.07) is 0. The molecule has 0 aliphatic heterocycles. The number of aromatic nitrogens is 4. The molecule has 0 atom stereocenters. The van der Waals surface area contributed by atoms with Gasteiger partial charge in [0.05, 0.1) is 6.20 Å². The predicted molar refractivity (Wildman–Crippen MR) is 56.2 cm³/mol. The SMILES string of the molecule is CCc1ncc2[nH]c(CC)nc2n1.[Sn]. The average molecular weight is 295 g/mol. The van der Waals surface area contributed by atoms with Gasteiger partial charge in [0.2, 0.25) is 0 Å². The predicted octanol–water partition coefficient (Wildman–Crippen LogP) is 1.10. The third-order valence-corrected chi connectivity index (χ3v) is 1.99. The van der Waals surface area contributed by atoms with Gasteiger partial charge in [0.15, 0.2) is 5.65 Å². The molecule has 4 nitrogen and oxygen atoms in total. The molecular weight excluding hydrogens is 283 g/mol. The van der Waals surface area contributed by atoms with Crippen LogP contribution in [-0.2, 0) is 12.8 Å². The molecule has 14 heavy (non-hydrogen) atoms. The molecule has 2 aromatic heterocycles. The van der Waals surface area contributed by atoms with Crippen molar-refractivity contribution in [2.24, 2.45) is 0 Å². The van der Waals surface area contributed by atoms with Crippen LogP contribution in [0.1, 0.15) is 25.5 Å². The second-order valence-corrected chi connectivity index (χ2v) is 2.91. The summed E-state index contributed by atoms with van der Waals surface area (Å²) in [4.78, 5) is 16.0. The van der Waals surface area contributed by atoms with Crippen molar-refractivity contribution in [2.75, 3.05) is 0 Å². The van der Waals surface area contributed by atoms with Crippen LogP contribution in [0.25, 0.3) is 11.2 Å². The van der Waals surface area contributed by atoms with Crippen molar-refractivity contribution in [3.05, 3.63) is 17.8 Å². The number of aryl methyl sites for hydroxylation is 2. The molecule has 0 aromatic carbocycles. The van der Waals surface area contributed by atoms with Gasteiger partial charge in [0.1, 0.15) is 17.2 Å². The average Bonchev–Trinajstić information content (AvgIpc) is 2.58. The van der Waals surface area contributed by atoms with E-state index in [2.05, 4.69) is 26.9 Å². The van der Waals surface area contributed by atoms with Crippen molar-refractivity contribution in [1.29, 1.82) is 0 Å². The third-order valence-electron chi connectivity index (χ3n) is 1.99. The van der Waals surface area contributed by atoms with Crippen molar-refractivity contribution < 1.29 is 0 Å². The van der Waals surface area contributed by atoms with Gasteiger partial charge in [0, 0.05) is 36.7 Å². The molecule has 0 fully saturated rings. The zero-order valence-corrected chi connectivity index (χ0v) is 11.2. The number of nitrogens with zero attached hydrogens (tertiary/aromatic N) is 3. The minimum Gasteiger partial charge on any atom is -0.339 e. The number of aromatic amines is 1. The molecule has 2 heterocycles. The molecule has 0 bridgehead atoms. The molecule has 1 N–H and O–H groups in total. The number of H-pyrrole nitrogens is 1. The number of nitrogens with one attached hydrogen (secondary N) is 1. The van der Waals surface area contributed by atoms with Crippen LogP contribution in [0.15, 0.2) is 6.20 Å². The molecule has 0 unspecified atom stereocenters. The van der Waals surface area contributed by atoms with Crippen LogP contribution < -0.4 is 0 Å². The van der Waals surface area contributed by atoms with E-state index in [4.69, 9.17) is 0 Å². The summed E-state index contributed by atoms with van der Waals surface area (Å²) >= 11 is 0. The summed E-state index contributed by atoms with van der Waals surface area (Å²) < 4.78 is 0. The van der Waals surface area contributed by atoms with E-state index in [1.54, 1.807) is 6.20 Å². The van der Waals surface area contributed by atoms with E-state index in [0.717, 1.165) is 35.7 Å².